The minimum atomic E-state index is -4.30. The van der Waals surface area contributed by atoms with Gasteiger partial charge < -0.3 is 9.47 Å². The zero-order valence-corrected chi connectivity index (χ0v) is 16.4. The summed E-state index contributed by atoms with van der Waals surface area (Å²) >= 11 is 0. The van der Waals surface area contributed by atoms with Crippen LogP contribution >= 0.6 is 0 Å². The smallest absolute Gasteiger partial charge is 0.422 e. The van der Waals surface area contributed by atoms with E-state index in [0.717, 1.165) is 5.56 Å². The maximum absolute atomic E-state index is 12.3. The molecule has 0 aliphatic heterocycles. The second-order valence-corrected chi connectivity index (χ2v) is 8.49. The third-order valence-corrected chi connectivity index (χ3v) is 4.04. The highest BCUT2D eigenvalue weighted by atomic mass is 32.2. The summed E-state index contributed by atoms with van der Waals surface area (Å²) < 4.78 is 38.1. The zero-order chi connectivity index (χ0) is 20.0. The number of hydrogen-bond acceptors (Lipinski definition) is 6. The number of esters is 1. The van der Waals surface area contributed by atoms with Crippen LogP contribution in [0.25, 0.3) is 0 Å². The highest BCUT2D eigenvalue weighted by molar-refractivity contribution is 7.88. The molecule has 1 atom stereocenters. The minimum absolute atomic E-state index is 0.0180. The normalized spacial score (nSPS) is 13.2. The van der Waals surface area contributed by atoms with E-state index >= 15 is 0 Å². The van der Waals surface area contributed by atoms with Crippen molar-refractivity contribution in [2.24, 2.45) is 5.92 Å². The van der Waals surface area contributed by atoms with Crippen LogP contribution in [-0.4, -0.2) is 32.1 Å². The highest BCUT2D eigenvalue weighted by Gasteiger charge is 2.30. The van der Waals surface area contributed by atoms with Crippen LogP contribution in [0.2, 0.25) is 0 Å². The van der Waals surface area contributed by atoms with Crippen molar-refractivity contribution < 1.29 is 27.5 Å². The SMILES string of the molecule is CC(C)C(NS(=O)(=O)NC(=O)OC(C)(C)C)C(=O)OCc1ccccc1. The van der Waals surface area contributed by atoms with Gasteiger partial charge in [0.1, 0.15) is 18.2 Å². The van der Waals surface area contributed by atoms with Crippen LogP contribution in [0.4, 0.5) is 4.79 Å². The third-order valence-electron chi connectivity index (χ3n) is 3.04. The van der Waals surface area contributed by atoms with Gasteiger partial charge in [-0.1, -0.05) is 44.2 Å². The molecule has 1 aromatic rings. The van der Waals surface area contributed by atoms with Crippen molar-refractivity contribution in [1.29, 1.82) is 0 Å². The molecular formula is C17H26N2O6S. The number of hydrogen-bond donors (Lipinski definition) is 2. The van der Waals surface area contributed by atoms with Gasteiger partial charge in [-0.25, -0.2) is 9.52 Å². The Morgan fingerprint density at radius 3 is 2.19 bits per heavy atom. The first-order valence-corrected chi connectivity index (χ1v) is 9.61. The molecule has 1 amide bonds. The monoisotopic (exact) mass is 386 g/mol. The molecule has 0 saturated heterocycles. The molecule has 26 heavy (non-hydrogen) atoms. The summed E-state index contributed by atoms with van der Waals surface area (Å²) in [5.41, 5.74) is -0.0795. The summed E-state index contributed by atoms with van der Waals surface area (Å²) in [5.74, 6) is -1.13. The lowest BCUT2D eigenvalue weighted by atomic mass is 10.1. The second-order valence-electron chi connectivity index (χ2n) is 7.04. The molecule has 0 radical (unpaired) electrons. The molecule has 0 aliphatic rings. The Morgan fingerprint density at radius 1 is 1.12 bits per heavy atom. The number of ether oxygens (including phenoxy) is 2. The van der Waals surface area contributed by atoms with Crippen LogP contribution < -0.4 is 9.44 Å². The van der Waals surface area contributed by atoms with Crippen molar-refractivity contribution in [2.45, 2.75) is 52.9 Å². The summed E-state index contributed by atoms with van der Waals surface area (Å²) in [6.07, 6.45) is -1.13. The van der Waals surface area contributed by atoms with Crippen LogP contribution in [0, 0.1) is 5.92 Å². The molecule has 1 aromatic carbocycles. The van der Waals surface area contributed by atoms with E-state index in [4.69, 9.17) is 9.47 Å². The lowest BCUT2D eigenvalue weighted by Crippen LogP contribution is -2.51. The van der Waals surface area contributed by atoms with Crippen molar-refractivity contribution in [3.8, 4) is 0 Å². The van der Waals surface area contributed by atoms with Gasteiger partial charge in [0.25, 0.3) is 0 Å². The Bertz CT molecular complexity index is 711. The summed E-state index contributed by atoms with van der Waals surface area (Å²) in [6.45, 7) is 8.14. The maximum Gasteiger partial charge on any atom is 0.422 e. The van der Waals surface area contributed by atoms with E-state index in [1.54, 1.807) is 63.6 Å². The molecule has 0 aromatic heterocycles. The lowest BCUT2D eigenvalue weighted by molar-refractivity contribution is -0.148. The Hall–Kier alpha value is -2.13. The molecule has 2 N–H and O–H groups in total. The van der Waals surface area contributed by atoms with Gasteiger partial charge in [-0.2, -0.15) is 13.1 Å². The number of rotatable bonds is 7. The van der Waals surface area contributed by atoms with Crippen molar-refractivity contribution in [2.75, 3.05) is 0 Å². The van der Waals surface area contributed by atoms with E-state index in [2.05, 4.69) is 4.72 Å². The predicted molar refractivity (Wildman–Crippen MR) is 96.3 cm³/mol. The molecule has 0 fully saturated rings. The topological polar surface area (TPSA) is 111 Å². The van der Waals surface area contributed by atoms with E-state index in [0.29, 0.717) is 0 Å². The second kappa shape index (κ2) is 9.00. The molecule has 0 spiro atoms. The quantitative estimate of drug-likeness (QED) is 0.695. The molecule has 8 nitrogen and oxygen atoms in total. The van der Waals surface area contributed by atoms with Gasteiger partial charge >= 0.3 is 22.3 Å². The van der Waals surface area contributed by atoms with Gasteiger partial charge in [0.05, 0.1) is 0 Å². The van der Waals surface area contributed by atoms with Crippen molar-refractivity contribution in [3.05, 3.63) is 35.9 Å². The molecule has 0 bridgehead atoms. The van der Waals surface area contributed by atoms with Gasteiger partial charge in [-0.05, 0) is 32.3 Å². The largest absolute Gasteiger partial charge is 0.460 e. The highest BCUT2D eigenvalue weighted by Crippen LogP contribution is 2.10. The Kier molecular flexibility index (Phi) is 7.58. The molecule has 0 heterocycles. The van der Waals surface area contributed by atoms with Crippen molar-refractivity contribution in [1.82, 2.24) is 9.44 Å². The fraction of sp³-hybridized carbons (Fsp3) is 0.529. The zero-order valence-electron chi connectivity index (χ0n) is 15.6. The van der Waals surface area contributed by atoms with Crippen LogP contribution in [0.3, 0.4) is 0 Å². The first-order valence-electron chi connectivity index (χ1n) is 8.13. The molecule has 146 valence electrons. The van der Waals surface area contributed by atoms with E-state index in [1.807, 2.05) is 6.07 Å². The Balaban J connectivity index is 2.70. The number of nitrogens with one attached hydrogen (secondary N) is 2. The molecule has 0 aliphatic carbocycles. The van der Waals surface area contributed by atoms with E-state index in [1.165, 1.54) is 0 Å². The Labute approximate surface area is 154 Å². The fourth-order valence-electron chi connectivity index (χ4n) is 1.88. The summed E-state index contributed by atoms with van der Waals surface area (Å²) in [7, 11) is -4.30. The Morgan fingerprint density at radius 2 is 1.69 bits per heavy atom. The van der Waals surface area contributed by atoms with Gasteiger partial charge in [0.15, 0.2) is 0 Å². The van der Waals surface area contributed by atoms with E-state index < -0.39 is 39.8 Å². The lowest BCUT2D eigenvalue weighted by Gasteiger charge is -2.22. The number of benzene rings is 1. The van der Waals surface area contributed by atoms with Gasteiger partial charge in [-0.3, -0.25) is 4.79 Å². The molecule has 1 rings (SSSR count). The summed E-state index contributed by atoms with van der Waals surface area (Å²) in [5, 5.41) is 0. The van der Waals surface area contributed by atoms with Crippen molar-refractivity contribution >= 4 is 22.3 Å². The maximum atomic E-state index is 12.3. The molecular weight excluding hydrogens is 360 g/mol. The van der Waals surface area contributed by atoms with Crippen LogP contribution in [0.5, 0.6) is 0 Å². The third kappa shape index (κ3) is 8.30. The number of carbonyl (C=O) groups is 2. The first-order chi connectivity index (χ1) is 11.9. The standard InChI is InChI=1S/C17H26N2O6S/c1-12(2)14(15(20)24-11-13-9-7-6-8-10-13)18-26(22,23)19-16(21)25-17(3,4)5/h6-10,12,14,18H,11H2,1-5H3,(H,19,21). The number of carbonyl (C=O) groups excluding carboxylic acids is 2. The molecule has 9 heteroatoms. The molecule has 1 unspecified atom stereocenters. The minimum Gasteiger partial charge on any atom is -0.460 e. The first kappa shape index (κ1) is 21.9. The summed E-state index contributed by atoms with van der Waals surface area (Å²) in [6, 6.07) is 7.85. The fourth-order valence-corrected chi connectivity index (χ4v) is 2.90. The van der Waals surface area contributed by atoms with Crippen LogP contribution in [-0.2, 0) is 31.1 Å². The van der Waals surface area contributed by atoms with Gasteiger partial charge in [0.2, 0.25) is 0 Å². The van der Waals surface area contributed by atoms with Crippen LogP contribution in [0.15, 0.2) is 30.3 Å². The van der Waals surface area contributed by atoms with E-state index in [9.17, 15) is 18.0 Å². The summed E-state index contributed by atoms with van der Waals surface area (Å²) in [4.78, 5) is 23.9. The predicted octanol–water partition coefficient (Wildman–Crippen LogP) is 2.11. The average molecular weight is 386 g/mol. The number of amides is 1. The average Bonchev–Trinajstić information content (AvgIpc) is 2.48. The van der Waals surface area contributed by atoms with Crippen LogP contribution in [0.1, 0.15) is 40.2 Å². The van der Waals surface area contributed by atoms with Gasteiger partial charge in [0, 0.05) is 0 Å². The van der Waals surface area contributed by atoms with Gasteiger partial charge in [-0.15, -0.1) is 0 Å². The van der Waals surface area contributed by atoms with E-state index in [-0.39, 0.29) is 6.61 Å². The molecule has 0 saturated carbocycles. The van der Waals surface area contributed by atoms with Crippen molar-refractivity contribution in [3.63, 3.8) is 0 Å².